The van der Waals surface area contributed by atoms with Crippen LogP contribution in [-0.2, 0) is 11.2 Å². The second kappa shape index (κ2) is 7.83. The van der Waals surface area contributed by atoms with Gasteiger partial charge in [-0.1, -0.05) is 0 Å². The Morgan fingerprint density at radius 1 is 1.24 bits per heavy atom. The predicted molar refractivity (Wildman–Crippen MR) is 90.5 cm³/mol. The number of halogens is 3. The lowest BCUT2D eigenvalue weighted by molar-refractivity contribution is -0.106. The highest BCUT2D eigenvalue weighted by atomic mass is 32.2. The molecule has 0 saturated carbocycles. The van der Waals surface area contributed by atoms with Crippen molar-refractivity contribution in [2.75, 3.05) is 12.8 Å². The van der Waals surface area contributed by atoms with Gasteiger partial charge in [0.1, 0.15) is 5.69 Å². The molecule has 0 radical (unpaired) electrons. The molecule has 1 unspecified atom stereocenters. The van der Waals surface area contributed by atoms with E-state index in [1.54, 1.807) is 27.0 Å². The third kappa shape index (κ3) is 5.17. The van der Waals surface area contributed by atoms with Gasteiger partial charge in [0, 0.05) is 31.1 Å². The molecule has 1 aromatic carbocycles. The molecule has 0 aliphatic carbocycles. The van der Waals surface area contributed by atoms with Crippen LogP contribution >= 0.6 is 0 Å². The molecule has 25 heavy (non-hydrogen) atoms. The van der Waals surface area contributed by atoms with Crippen LogP contribution in [0.25, 0.3) is 0 Å². The molecule has 2 aromatic rings. The van der Waals surface area contributed by atoms with Crippen LogP contribution in [0.3, 0.4) is 0 Å². The summed E-state index contributed by atoms with van der Waals surface area (Å²) in [6.07, 6.45) is 0.0449. The van der Waals surface area contributed by atoms with E-state index in [1.807, 2.05) is 0 Å². The van der Waals surface area contributed by atoms with Crippen molar-refractivity contribution in [3.05, 3.63) is 47.5 Å². The number of aromatic nitrogens is 2. The van der Waals surface area contributed by atoms with E-state index < -0.39 is 23.1 Å². The first-order valence-electron chi connectivity index (χ1n) is 7.30. The van der Waals surface area contributed by atoms with Crippen molar-refractivity contribution in [2.45, 2.75) is 24.9 Å². The van der Waals surface area contributed by atoms with Gasteiger partial charge in [0.25, 0.3) is 0 Å². The van der Waals surface area contributed by atoms with E-state index in [2.05, 4.69) is 20.3 Å². The van der Waals surface area contributed by atoms with Crippen LogP contribution in [0.15, 0.2) is 40.6 Å². The van der Waals surface area contributed by atoms with E-state index in [9.17, 15) is 17.7 Å². The molecule has 1 atom stereocenters. The van der Waals surface area contributed by atoms with Gasteiger partial charge in [-0.2, -0.15) is 13.2 Å². The first-order chi connectivity index (χ1) is 11.7. The molecular weight excluding hydrogens is 353 g/mol. The Bertz CT molecular complexity index is 766. The van der Waals surface area contributed by atoms with Crippen molar-refractivity contribution in [3.63, 3.8) is 0 Å². The van der Waals surface area contributed by atoms with Gasteiger partial charge in [-0.3, -0.25) is 4.98 Å². The minimum atomic E-state index is -4.50. The van der Waals surface area contributed by atoms with Gasteiger partial charge in [0.05, 0.1) is 11.9 Å². The van der Waals surface area contributed by atoms with Crippen molar-refractivity contribution in [1.29, 1.82) is 0 Å². The second-order valence-corrected chi connectivity index (χ2v) is 6.73. The molecule has 1 heterocycles. The molecule has 0 fully saturated rings. The van der Waals surface area contributed by atoms with Crippen molar-refractivity contribution < 1.29 is 17.7 Å². The van der Waals surface area contributed by atoms with Gasteiger partial charge in [-0.05, 0) is 36.7 Å². The van der Waals surface area contributed by atoms with Crippen LogP contribution in [0.2, 0.25) is 0 Å². The highest BCUT2D eigenvalue weighted by molar-refractivity contribution is 7.91. The van der Waals surface area contributed by atoms with Crippen molar-refractivity contribution in [1.82, 2.24) is 15.3 Å². The Balaban J connectivity index is 2.44. The van der Waals surface area contributed by atoms with E-state index in [4.69, 9.17) is 0 Å². The number of alkyl halides is 3. The number of benzene rings is 1. The van der Waals surface area contributed by atoms with Gasteiger partial charge in [-0.15, -0.1) is 0 Å². The van der Waals surface area contributed by atoms with Gasteiger partial charge in [-0.25, -0.2) is 9.98 Å². The summed E-state index contributed by atoms with van der Waals surface area (Å²) in [6.45, 7) is 3.41. The molecule has 0 aliphatic heterocycles. The van der Waals surface area contributed by atoms with Crippen molar-refractivity contribution in [2.24, 2.45) is 4.99 Å². The molecule has 0 aliphatic rings. The minimum Gasteiger partial charge on any atom is -0.611 e. The highest BCUT2D eigenvalue weighted by Crippen LogP contribution is 2.30. The zero-order valence-corrected chi connectivity index (χ0v) is 14.7. The Hall–Kier alpha value is -2.13. The third-order valence-corrected chi connectivity index (χ3v) is 4.83. The molecule has 0 bridgehead atoms. The number of aliphatic imine (C=N–C) groups is 1. The number of rotatable bonds is 4. The zero-order valence-electron chi connectivity index (χ0n) is 13.9. The molecule has 134 valence electrons. The first kappa shape index (κ1) is 19.2. The smallest absolute Gasteiger partial charge is 0.433 e. The van der Waals surface area contributed by atoms with E-state index in [-0.39, 0.29) is 4.90 Å². The van der Waals surface area contributed by atoms with E-state index >= 15 is 0 Å². The Kier molecular flexibility index (Phi) is 6.02. The number of hydrogen-bond donors (Lipinski definition) is 1. The molecule has 0 spiro atoms. The largest absolute Gasteiger partial charge is 0.611 e. The van der Waals surface area contributed by atoms with Crippen LogP contribution in [0.4, 0.5) is 18.9 Å². The molecule has 1 aromatic heterocycles. The number of nitrogens with zero attached hydrogens (tertiary/aromatic N) is 3. The van der Waals surface area contributed by atoms with Gasteiger partial charge in [0.15, 0.2) is 10.7 Å². The maximum atomic E-state index is 12.5. The summed E-state index contributed by atoms with van der Waals surface area (Å²) in [5, 5.41) is 2.89. The summed E-state index contributed by atoms with van der Waals surface area (Å²) < 4.78 is 49.7. The molecule has 2 rings (SSSR count). The standard InChI is InChI=1S/C16H17F3N4OS/c1-10-6-11(2)14(25(24)9-16(17,18)19)7-12(10)23-15(20-3)13-8-21-4-5-22-13/h4-8H,9H2,1-3H3,(H,20,23). The molecule has 5 nitrogen and oxygen atoms in total. The zero-order chi connectivity index (χ0) is 18.6. The van der Waals surface area contributed by atoms with Gasteiger partial charge < -0.3 is 9.87 Å². The molecule has 0 saturated heterocycles. The second-order valence-electron chi connectivity index (χ2n) is 5.31. The SMILES string of the molecule is CN/C(=N\c1cc([S+]([O-])CC(F)(F)F)c(C)cc1C)c1cnccn1. The highest BCUT2D eigenvalue weighted by Gasteiger charge is 2.36. The molecule has 1 N–H and O–H groups in total. The molecule has 0 amide bonds. The van der Waals surface area contributed by atoms with E-state index in [0.717, 1.165) is 5.56 Å². The topological polar surface area (TPSA) is 73.2 Å². The third-order valence-electron chi connectivity index (χ3n) is 3.31. The summed E-state index contributed by atoms with van der Waals surface area (Å²) in [7, 11) is 1.65. The number of hydrogen-bond acceptors (Lipinski definition) is 4. The van der Waals surface area contributed by atoms with Crippen LogP contribution in [0.5, 0.6) is 0 Å². The van der Waals surface area contributed by atoms with Gasteiger partial charge >= 0.3 is 6.18 Å². The van der Waals surface area contributed by atoms with E-state index in [0.29, 0.717) is 22.8 Å². The Morgan fingerprint density at radius 3 is 2.52 bits per heavy atom. The number of aryl methyl sites for hydroxylation is 2. The monoisotopic (exact) mass is 370 g/mol. The predicted octanol–water partition coefficient (Wildman–Crippen LogP) is 3.06. The Morgan fingerprint density at radius 2 is 1.96 bits per heavy atom. The fourth-order valence-electron chi connectivity index (χ4n) is 2.20. The fourth-order valence-corrected chi connectivity index (χ4v) is 3.31. The minimum absolute atomic E-state index is 0.122. The van der Waals surface area contributed by atoms with E-state index in [1.165, 1.54) is 24.7 Å². The average molecular weight is 370 g/mol. The summed E-state index contributed by atoms with van der Waals surface area (Å²) in [4.78, 5) is 12.6. The maximum Gasteiger partial charge on any atom is 0.433 e. The lowest BCUT2D eigenvalue weighted by Gasteiger charge is -2.16. The lowest BCUT2D eigenvalue weighted by atomic mass is 10.1. The van der Waals surface area contributed by atoms with Crippen LogP contribution in [0.1, 0.15) is 16.8 Å². The maximum absolute atomic E-state index is 12.5. The number of nitrogens with one attached hydrogen (secondary N) is 1. The summed E-state index contributed by atoms with van der Waals surface area (Å²) in [5.74, 6) is -0.976. The van der Waals surface area contributed by atoms with Crippen LogP contribution in [0, 0.1) is 13.8 Å². The molecular formula is C16H17F3N4OS. The molecule has 9 heteroatoms. The fraction of sp³-hybridized carbons (Fsp3) is 0.312. The van der Waals surface area contributed by atoms with Crippen LogP contribution < -0.4 is 5.32 Å². The summed E-state index contributed by atoms with van der Waals surface area (Å²) in [6, 6.07) is 3.10. The first-order valence-corrected chi connectivity index (χ1v) is 8.62. The lowest BCUT2D eigenvalue weighted by Crippen LogP contribution is -2.23. The van der Waals surface area contributed by atoms with Crippen molar-refractivity contribution in [3.8, 4) is 0 Å². The quantitative estimate of drug-likeness (QED) is 0.510. The Labute approximate surface area is 146 Å². The van der Waals surface area contributed by atoms with Gasteiger partial charge in [0.2, 0.25) is 5.75 Å². The summed E-state index contributed by atoms with van der Waals surface area (Å²) in [5.41, 5.74) is 2.19. The van der Waals surface area contributed by atoms with Crippen LogP contribution in [-0.4, -0.2) is 39.3 Å². The summed E-state index contributed by atoms with van der Waals surface area (Å²) >= 11 is -2.19. The average Bonchev–Trinajstić information content (AvgIpc) is 2.53. The number of amidine groups is 1. The normalized spacial score (nSPS) is 13.6. The van der Waals surface area contributed by atoms with Crippen molar-refractivity contribution >= 4 is 22.7 Å².